The molecule has 4 rings (SSSR count). The van der Waals surface area contributed by atoms with Crippen molar-refractivity contribution in [3.63, 3.8) is 0 Å². The highest BCUT2D eigenvalue weighted by molar-refractivity contribution is 7.82. The first-order chi connectivity index (χ1) is 14.2. The summed E-state index contributed by atoms with van der Waals surface area (Å²) in [6.07, 6.45) is 3.43. The summed E-state index contributed by atoms with van der Waals surface area (Å²) < 4.78 is 5.15. The Kier molecular flexibility index (Phi) is 5.45. The van der Waals surface area contributed by atoms with Gasteiger partial charge in [0, 0.05) is 34.4 Å². The topological polar surface area (TPSA) is 76.0 Å². The standard InChI is InChI=1S/C22H21N6P/c1-17-16-18(2)26-22(25-17)28-29(19-10-5-3-6-11-19,20-12-7-4-8-13-20)27-21-23-14-9-15-24-21/h3-16H,1-2H3,(H,23,24,27). The molecule has 2 aromatic heterocycles. The summed E-state index contributed by atoms with van der Waals surface area (Å²) in [4.78, 5) is 18.0. The van der Waals surface area contributed by atoms with Gasteiger partial charge in [0.2, 0.25) is 5.95 Å². The molecule has 0 atom stereocenters. The van der Waals surface area contributed by atoms with Crippen LogP contribution in [0.3, 0.4) is 0 Å². The molecule has 0 amide bonds. The highest BCUT2D eigenvalue weighted by Crippen LogP contribution is 2.48. The van der Waals surface area contributed by atoms with Crippen LogP contribution < -0.4 is 15.7 Å². The Bertz CT molecular complexity index is 1080. The molecule has 144 valence electrons. The summed E-state index contributed by atoms with van der Waals surface area (Å²) in [6.45, 7) is 3.90. The lowest BCUT2D eigenvalue weighted by molar-refractivity contribution is 1.04. The zero-order chi connectivity index (χ0) is 20.1. The average Bonchev–Trinajstić information content (AvgIpc) is 2.74. The summed E-state index contributed by atoms with van der Waals surface area (Å²) in [7, 11) is -2.56. The van der Waals surface area contributed by atoms with Crippen molar-refractivity contribution in [3.05, 3.63) is 96.6 Å². The maximum absolute atomic E-state index is 5.15. The van der Waals surface area contributed by atoms with Gasteiger partial charge in [-0.15, -0.1) is 0 Å². The molecule has 0 spiro atoms. The third-order valence-electron chi connectivity index (χ3n) is 4.30. The van der Waals surface area contributed by atoms with Crippen LogP contribution in [0.25, 0.3) is 0 Å². The van der Waals surface area contributed by atoms with Gasteiger partial charge < -0.3 is 5.09 Å². The predicted molar refractivity (Wildman–Crippen MR) is 118 cm³/mol. The summed E-state index contributed by atoms with van der Waals surface area (Å²) in [5.41, 5.74) is 1.76. The minimum absolute atomic E-state index is 0.451. The van der Waals surface area contributed by atoms with Crippen LogP contribution in [-0.4, -0.2) is 19.9 Å². The molecule has 6 nitrogen and oxygen atoms in total. The van der Waals surface area contributed by atoms with E-state index < -0.39 is 7.21 Å². The molecular weight excluding hydrogens is 379 g/mol. The molecule has 0 radical (unpaired) electrons. The molecule has 4 aromatic rings. The number of aryl methyl sites for hydroxylation is 2. The van der Waals surface area contributed by atoms with Crippen LogP contribution in [0.15, 0.2) is 89.9 Å². The lowest BCUT2D eigenvalue weighted by Gasteiger charge is -2.26. The minimum atomic E-state index is -2.56. The van der Waals surface area contributed by atoms with E-state index in [0.29, 0.717) is 11.9 Å². The molecule has 2 aromatic carbocycles. The lowest BCUT2D eigenvalue weighted by atomic mass is 10.4. The van der Waals surface area contributed by atoms with Gasteiger partial charge in [0.05, 0.1) is 0 Å². The zero-order valence-corrected chi connectivity index (χ0v) is 17.2. The van der Waals surface area contributed by atoms with Crippen molar-refractivity contribution in [3.8, 4) is 0 Å². The number of nitrogens with one attached hydrogen (secondary N) is 1. The van der Waals surface area contributed by atoms with E-state index >= 15 is 0 Å². The fourth-order valence-electron chi connectivity index (χ4n) is 3.09. The zero-order valence-electron chi connectivity index (χ0n) is 16.3. The van der Waals surface area contributed by atoms with Crippen LogP contribution >= 0.6 is 7.21 Å². The molecule has 7 heteroatoms. The average molecular weight is 400 g/mol. The van der Waals surface area contributed by atoms with Gasteiger partial charge in [-0.1, -0.05) is 60.7 Å². The fraction of sp³-hybridized carbons (Fsp3) is 0.0909. The highest BCUT2D eigenvalue weighted by Gasteiger charge is 2.27. The molecule has 0 aliphatic carbocycles. The lowest BCUT2D eigenvalue weighted by Crippen LogP contribution is -2.23. The number of hydrogen-bond donors (Lipinski definition) is 1. The van der Waals surface area contributed by atoms with E-state index in [2.05, 4.69) is 49.3 Å². The van der Waals surface area contributed by atoms with Crippen LogP contribution in [0.5, 0.6) is 0 Å². The molecule has 0 saturated carbocycles. The summed E-state index contributed by atoms with van der Waals surface area (Å²) >= 11 is 0. The Balaban J connectivity index is 2.04. The number of aromatic nitrogens is 4. The first-order valence-corrected chi connectivity index (χ1v) is 11.0. The maximum atomic E-state index is 5.15. The minimum Gasteiger partial charge on any atom is -0.314 e. The predicted octanol–water partition coefficient (Wildman–Crippen LogP) is 4.39. The van der Waals surface area contributed by atoms with Crippen molar-refractivity contribution < 1.29 is 0 Å². The van der Waals surface area contributed by atoms with Crippen molar-refractivity contribution in [2.45, 2.75) is 13.8 Å². The SMILES string of the molecule is Cc1cc(C)nc(N=P(Nc2ncccn2)(c2ccccc2)c2ccccc2)n1. The summed E-state index contributed by atoms with van der Waals surface area (Å²) in [5.74, 6) is 0.966. The van der Waals surface area contributed by atoms with Crippen molar-refractivity contribution in [1.29, 1.82) is 0 Å². The van der Waals surface area contributed by atoms with Crippen LogP contribution in [0.2, 0.25) is 0 Å². The van der Waals surface area contributed by atoms with Crippen molar-refractivity contribution >= 4 is 29.7 Å². The van der Waals surface area contributed by atoms with Gasteiger partial charge in [-0.05, 0) is 26.0 Å². The molecule has 2 heterocycles. The smallest absolute Gasteiger partial charge is 0.250 e. The third-order valence-corrected chi connectivity index (χ3v) is 7.39. The van der Waals surface area contributed by atoms with Crippen LogP contribution in [-0.2, 0) is 0 Å². The Morgan fingerprint density at radius 1 is 0.724 bits per heavy atom. The molecule has 0 saturated heterocycles. The third kappa shape index (κ3) is 4.23. The quantitative estimate of drug-likeness (QED) is 0.503. The van der Waals surface area contributed by atoms with E-state index in [0.717, 1.165) is 22.0 Å². The van der Waals surface area contributed by atoms with E-state index in [9.17, 15) is 0 Å². The number of benzene rings is 2. The van der Waals surface area contributed by atoms with E-state index in [1.54, 1.807) is 18.5 Å². The second-order valence-corrected chi connectivity index (χ2v) is 9.27. The van der Waals surface area contributed by atoms with Crippen molar-refractivity contribution in [1.82, 2.24) is 19.9 Å². The van der Waals surface area contributed by atoms with Gasteiger partial charge >= 0.3 is 0 Å². The van der Waals surface area contributed by atoms with Crippen LogP contribution in [0.4, 0.5) is 11.9 Å². The number of hydrogen-bond acceptors (Lipinski definition) is 5. The van der Waals surface area contributed by atoms with Crippen molar-refractivity contribution in [2.75, 3.05) is 5.09 Å². The van der Waals surface area contributed by atoms with Gasteiger partial charge in [-0.2, -0.15) is 0 Å². The first kappa shape index (κ1) is 19.0. The maximum Gasteiger partial charge on any atom is 0.250 e. The summed E-state index contributed by atoms with van der Waals surface area (Å²) in [6, 6.07) is 24.1. The van der Waals surface area contributed by atoms with Crippen LogP contribution in [0.1, 0.15) is 11.4 Å². The van der Waals surface area contributed by atoms with E-state index in [1.165, 1.54) is 0 Å². The number of nitrogens with zero attached hydrogens (tertiary/aromatic N) is 5. The largest absolute Gasteiger partial charge is 0.314 e. The molecular formula is C22H21N6P. The Labute approximate surface area is 170 Å². The fourth-order valence-corrected chi connectivity index (χ4v) is 5.90. The van der Waals surface area contributed by atoms with Gasteiger partial charge in [-0.25, -0.2) is 24.7 Å². The molecule has 0 aliphatic rings. The Morgan fingerprint density at radius 2 is 1.24 bits per heavy atom. The first-order valence-electron chi connectivity index (χ1n) is 9.27. The molecule has 29 heavy (non-hydrogen) atoms. The molecule has 0 bridgehead atoms. The second kappa shape index (κ2) is 8.33. The molecule has 0 unspecified atom stereocenters. The van der Waals surface area contributed by atoms with Gasteiger partial charge in [0.25, 0.3) is 5.95 Å². The van der Waals surface area contributed by atoms with Crippen LogP contribution in [0, 0.1) is 13.8 Å². The second-order valence-electron chi connectivity index (χ2n) is 6.54. The summed E-state index contributed by atoms with van der Waals surface area (Å²) in [5, 5.41) is 5.64. The Morgan fingerprint density at radius 3 is 1.76 bits per heavy atom. The molecule has 0 aliphatic heterocycles. The highest BCUT2D eigenvalue weighted by atomic mass is 31.2. The van der Waals surface area contributed by atoms with E-state index in [-0.39, 0.29) is 0 Å². The monoisotopic (exact) mass is 400 g/mol. The van der Waals surface area contributed by atoms with Gasteiger partial charge in [-0.3, -0.25) is 0 Å². The molecule has 1 N–H and O–H groups in total. The van der Waals surface area contributed by atoms with Crippen molar-refractivity contribution in [2.24, 2.45) is 4.74 Å². The van der Waals surface area contributed by atoms with Gasteiger partial charge in [0.15, 0.2) is 0 Å². The Hall–Kier alpha value is -3.37. The number of rotatable bonds is 5. The number of anilines is 1. The van der Waals surface area contributed by atoms with E-state index in [4.69, 9.17) is 4.74 Å². The van der Waals surface area contributed by atoms with Gasteiger partial charge in [0.1, 0.15) is 7.21 Å². The van der Waals surface area contributed by atoms with E-state index in [1.807, 2.05) is 56.3 Å². The normalized spacial score (nSPS) is 11.1. The molecule has 0 fully saturated rings.